The minimum atomic E-state index is -3.65. The van der Waals surface area contributed by atoms with Crippen LogP contribution in [0.2, 0.25) is 0 Å². The van der Waals surface area contributed by atoms with Crippen LogP contribution < -0.4 is 4.72 Å². The summed E-state index contributed by atoms with van der Waals surface area (Å²) < 4.78 is 48.0. The summed E-state index contributed by atoms with van der Waals surface area (Å²) in [4.78, 5) is 0.0845. The Hall–Kier alpha value is -0.960. The number of benzene rings is 1. The molecule has 0 saturated carbocycles. The van der Waals surface area contributed by atoms with Gasteiger partial charge in [0.1, 0.15) is 9.84 Å². The maximum absolute atomic E-state index is 11.9. The van der Waals surface area contributed by atoms with Gasteiger partial charge in [0, 0.05) is 12.8 Å². The Morgan fingerprint density at radius 3 is 2.15 bits per heavy atom. The zero-order chi connectivity index (χ0) is 15.4. The number of rotatable bonds is 7. The van der Waals surface area contributed by atoms with E-state index in [0.717, 1.165) is 6.26 Å². The average molecular weight is 321 g/mol. The molecule has 0 bridgehead atoms. The first kappa shape index (κ1) is 17.1. The van der Waals surface area contributed by atoms with Crippen molar-refractivity contribution in [3.8, 4) is 0 Å². The Bertz CT molecular complexity index is 633. The first-order valence-corrected chi connectivity index (χ1v) is 9.61. The van der Waals surface area contributed by atoms with Crippen molar-refractivity contribution in [2.24, 2.45) is 0 Å². The highest BCUT2D eigenvalue weighted by atomic mass is 32.2. The molecular formula is C12H19NO5S2. The third kappa shape index (κ3) is 5.58. The summed E-state index contributed by atoms with van der Waals surface area (Å²) in [6.07, 6.45) is 0.676. The quantitative estimate of drug-likeness (QED) is 0.710. The summed E-state index contributed by atoms with van der Waals surface area (Å²) in [6.45, 7) is 1.65. The fraction of sp³-hybridized carbons (Fsp3) is 0.500. The van der Waals surface area contributed by atoms with E-state index in [1.807, 2.05) is 0 Å². The van der Waals surface area contributed by atoms with Gasteiger partial charge in [0.25, 0.3) is 0 Å². The monoisotopic (exact) mass is 321 g/mol. The standard InChI is InChI=1S/C12H19NO5S2/c1-10(14)11-4-6-12(7-5-11)20(17,18)13-8-3-9-19(2,15)16/h4-7,10,13-14H,3,8-9H2,1-2H3. The molecule has 0 radical (unpaired) electrons. The van der Waals surface area contributed by atoms with Crippen molar-refractivity contribution in [2.45, 2.75) is 24.3 Å². The van der Waals surface area contributed by atoms with Crippen molar-refractivity contribution in [2.75, 3.05) is 18.6 Å². The maximum atomic E-state index is 11.9. The lowest BCUT2D eigenvalue weighted by atomic mass is 10.1. The van der Waals surface area contributed by atoms with E-state index in [-0.39, 0.29) is 23.6 Å². The van der Waals surface area contributed by atoms with Crippen LogP contribution >= 0.6 is 0 Å². The highest BCUT2D eigenvalue weighted by Gasteiger charge is 2.14. The number of aliphatic hydroxyl groups is 1. The van der Waals surface area contributed by atoms with Crippen molar-refractivity contribution < 1.29 is 21.9 Å². The molecule has 1 aromatic carbocycles. The van der Waals surface area contributed by atoms with Gasteiger partial charge in [0.05, 0.1) is 16.8 Å². The molecule has 6 nitrogen and oxygen atoms in total. The number of sulfonamides is 1. The molecule has 1 aromatic rings. The molecule has 114 valence electrons. The van der Waals surface area contributed by atoms with Crippen LogP contribution in [0.1, 0.15) is 25.0 Å². The maximum Gasteiger partial charge on any atom is 0.240 e. The van der Waals surface area contributed by atoms with E-state index in [1.165, 1.54) is 24.3 Å². The summed E-state index contributed by atoms with van der Waals surface area (Å²) in [5, 5.41) is 9.35. The van der Waals surface area contributed by atoms with E-state index >= 15 is 0 Å². The minimum absolute atomic E-state index is 0.0590. The molecule has 0 spiro atoms. The van der Waals surface area contributed by atoms with E-state index in [4.69, 9.17) is 0 Å². The lowest BCUT2D eigenvalue weighted by Gasteiger charge is -2.08. The largest absolute Gasteiger partial charge is 0.389 e. The molecule has 0 aliphatic carbocycles. The van der Waals surface area contributed by atoms with Gasteiger partial charge < -0.3 is 5.11 Å². The second-order valence-electron chi connectivity index (χ2n) is 4.63. The second kappa shape index (κ2) is 6.66. The van der Waals surface area contributed by atoms with E-state index in [9.17, 15) is 21.9 Å². The molecule has 0 heterocycles. The normalized spacial score (nSPS) is 14.2. The Morgan fingerprint density at radius 2 is 1.70 bits per heavy atom. The zero-order valence-electron chi connectivity index (χ0n) is 11.4. The van der Waals surface area contributed by atoms with Gasteiger partial charge in [-0.05, 0) is 31.0 Å². The Balaban J connectivity index is 2.65. The van der Waals surface area contributed by atoms with E-state index in [2.05, 4.69) is 4.72 Å². The van der Waals surface area contributed by atoms with Crippen molar-refractivity contribution in [1.82, 2.24) is 4.72 Å². The summed E-state index contributed by atoms with van der Waals surface area (Å²) in [7, 11) is -6.73. The molecule has 0 aromatic heterocycles. The van der Waals surface area contributed by atoms with Gasteiger partial charge in [-0.1, -0.05) is 12.1 Å². The number of hydrogen-bond acceptors (Lipinski definition) is 5. The highest BCUT2D eigenvalue weighted by molar-refractivity contribution is 7.90. The molecule has 20 heavy (non-hydrogen) atoms. The van der Waals surface area contributed by atoms with Gasteiger partial charge in [-0.3, -0.25) is 0 Å². The van der Waals surface area contributed by atoms with Crippen LogP contribution in [0.15, 0.2) is 29.2 Å². The van der Waals surface area contributed by atoms with E-state index < -0.39 is 26.0 Å². The number of nitrogens with one attached hydrogen (secondary N) is 1. The molecule has 1 atom stereocenters. The summed E-state index contributed by atoms with van der Waals surface area (Å²) in [6, 6.07) is 5.88. The first-order valence-electron chi connectivity index (χ1n) is 6.07. The molecule has 8 heteroatoms. The second-order valence-corrected chi connectivity index (χ2v) is 8.65. The first-order chi connectivity index (χ1) is 9.12. The van der Waals surface area contributed by atoms with Crippen LogP contribution in [0.25, 0.3) is 0 Å². The molecule has 0 fully saturated rings. The van der Waals surface area contributed by atoms with Crippen LogP contribution in [0.5, 0.6) is 0 Å². The summed E-state index contributed by atoms with van der Waals surface area (Å²) in [5.41, 5.74) is 0.626. The van der Waals surface area contributed by atoms with Gasteiger partial charge in [-0.15, -0.1) is 0 Å². The van der Waals surface area contributed by atoms with Gasteiger partial charge in [-0.25, -0.2) is 21.6 Å². The molecule has 1 rings (SSSR count). The van der Waals surface area contributed by atoms with E-state index in [1.54, 1.807) is 6.92 Å². The van der Waals surface area contributed by atoms with Gasteiger partial charge in [-0.2, -0.15) is 0 Å². The highest BCUT2D eigenvalue weighted by Crippen LogP contribution is 2.15. The third-order valence-electron chi connectivity index (χ3n) is 2.66. The molecule has 0 aliphatic rings. The van der Waals surface area contributed by atoms with Crippen molar-refractivity contribution >= 4 is 19.9 Å². The average Bonchev–Trinajstić information content (AvgIpc) is 2.34. The lowest BCUT2D eigenvalue weighted by Crippen LogP contribution is -2.26. The van der Waals surface area contributed by atoms with Crippen molar-refractivity contribution in [1.29, 1.82) is 0 Å². The van der Waals surface area contributed by atoms with Crippen LogP contribution in [0, 0.1) is 0 Å². The van der Waals surface area contributed by atoms with Crippen molar-refractivity contribution in [3.05, 3.63) is 29.8 Å². The number of hydrogen-bond donors (Lipinski definition) is 2. The van der Waals surface area contributed by atoms with Crippen LogP contribution in [0.4, 0.5) is 0 Å². The zero-order valence-corrected chi connectivity index (χ0v) is 13.0. The van der Waals surface area contributed by atoms with Gasteiger partial charge in [0.15, 0.2) is 0 Å². The number of sulfone groups is 1. The number of aliphatic hydroxyl groups excluding tert-OH is 1. The van der Waals surface area contributed by atoms with Crippen LogP contribution in [-0.2, 0) is 19.9 Å². The molecule has 0 amide bonds. The smallest absolute Gasteiger partial charge is 0.240 e. The molecule has 0 aliphatic heterocycles. The lowest BCUT2D eigenvalue weighted by molar-refractivity contribution is 0.199. The minimum Gasteiger partial charge on any atom is -0.389 e. The van der Waals surface area contributed by atoms with Gasteiger partial charge >= 0.3 is 0 Å². The fourth-order valence-corrected chi connectivity index (χ4v) is 3.29. The van der Waals surface area contributed by atoms with Crippen LogP contribution in [0.3, 0.4) is 0 Å². The summed E-state index contributed by atoms with van der Waals surface area (Å²) >= 11 is 0. The Kier molecular flexibility index (Phi) is 5.69. The van der Waals surface area contributed by atoms with Gasteiger partial charge in [0.2, 0.25) is 10.0 Å². The topological polar surface area (TPSA) is 101 Å². The van der Waals surface area contributed by atoms with Crippen molar-refractivity contribution in [3.63, 3.8) is 0 Å². The molecular weight excluding hydrogens is 302 g/mol. The Morgan fingerprint density at radius 1 is 1.15 bits per heavy atom. The predicted octanol–water partition coefficient (Wildman–Crippen LogP) is 0.453. The predicted molar refractivity (Wildman–Crippen MR) is 76.6 cm³/mol. The molecule has 0 saturated heterocycles. The van der Waals surface area contributed by atoms with Crippen LogP contribution in [-0.4, -0.2) is 40.5 Å². The third-order valence-corrected chi connectivity index (χ3v) is 5.16. The fourth-order valence-electron chi connectivity index (χ4n) is 1.55. The Labute approximate surface area is 119 Å². The summed E-state index contributed by atoms with van der Waals surface area (Å²) in [5.74, 6) is -0.0590. The SMILES string of the molecule is CC(O)c1ccc(S(=O)(=O)NCCCS(C)(=O)=O)cc1. The molecule has 2 N–H and O–H groups in total. The molecule has 1 unspecified atom stereocenters. The van der Waals surface area contributed by atoms with E-state index in [0.29, 0.717) is 5.56 Å².